The van der Waals surface area contributed by atoms with E-state index in [-0.39, 0.29) is 33.4 Å². The van der Waals surface area contributed by atoms with Crippen molar-refractivity contribution >= 4 is 17.3 Å². The van der Waals surface area contributed by atoms with Crippen LogP contribution < -0.4 is 4.90 Å². The van der Waals surface area contributed by atoms with Gasteiger partial charge in [-0.15, -0.1) is 0 Å². The fraction of sp³-hybridized carbons (Fsp3) is 0.682. The van der Waals surface area contributed by atoms with Gasteiger partial charge in [0.15, 0.2) is 0 Å². The molecule has 6 nitrogen and oxygen atoms in total. The summed E-state index contributed by atoms with van der Waals surface area (Å²) in [4.78, 5) is 28.8. The van der Waals surface area contributed by atoms with Crippen molar-refractivity contribution in [3.8, 4) is 0 Å². The highest BCUT2D eigenvalue weighted by atomic mass is 16.6. The van der Waals surface area contributed by atoms with Crippen LogP contribution in [0.15, 0.2) is 18.2 Å². The highest BCUT2D eigenvalue weighted by molar-refractivity contribution is 5.96. The zero-order valence-electron chi connectivity index (χ0n) is 17.2. The van der Waals surface area contributed by atoms with Crippen LogP contribution in [-0.4, -0.2) is 41.4 Å². The Morgan fingerprint density at radius 3 is 2.54 bits per heavy atom. The normalized spacial score (nSPS) is 29.0. The number of amides is 1. The summed E-state index contributed by atoms with van der Waals surface area (Å²) in [6.07, 6.45) is 6.45. The van der Waals surface area contributed by atoms with Gasteiger partial charge in [0.25, 0.3) is 11.6 Å². The number of fused-ring (bicyclic) bond motifs is 2. The number of piperidine rings is 1. The fourth-order valence-corrected chi connectivity index (χ4v) is 6.07. The molecular weight excluding hydrogens is 354 g/mol. The average molecular weight is 386 g/mol. The van der Waals surface area contributed by atoms with Crippen molar-refractivity contribution in [1.82, 2.24) is 4.90 Å². The fourth-order valence-electron chi connectivity index (χ4n) is 6.07. The van der Waals surface area contributed by atoms with Gasteiger partial charge >= 0.3 is 0 Å². The van der Waals surface area contributed by atoms with Crippen molar-refractivity contribution in [2.45, 2.75) is 65.3 Å². The Labute approximate surface area is 167 Å². The first kappa shape index (κ1) is 19.2. The van der Waals surface area contributed by atoms with Crippen LogP contribution in [0, 0.1) is 20.9 Å². The molecule has 1 aromatic carbocycles. The number of likely N-dealkylation sites (tertiary alicyclic amines) is 1. The second-order valence-corrected chi connectivity index (χ2v) is 10.2. The van der Waals surface area contributed by atoms with Crippen molar-refractivity contribution in [2.24, 2.45) is 10.8 Å². The number of rotatable bonds is 3. The largest absolute Gasteiger partial charge is 0.366 e. The first-order valence-electron chi connectivity index (χ1n) is 10.5. The predicted octanol–water partition coefficient (Wildman–Crippen LogP) is 4.63. The summed E-state index contributed by atoms with van der Waals surface area (Å²) < 4.78 is 0. The lowest BCUT2D eigenvalue weighted by Crippen LogP contribution is -2.37. The second-order valence-electron chi connectivity index (χ2n) is 10.2. The number of nitrogens with zero attached hydrogens (tertiary/aromatic N) is 3. The summed E-state index contributed by atoms with van der Waals surface area (Å²) in [6, 6.07) is 5.31. The summed E-state index contributed by atoms with van der Waals surface area (Å²) in [7, 11) is 0. The first-order valence-corrected chi connectivity index (χ1v) is 10.5. The van der Waals surface area contributed by atoms with E-state index in [1.807, 2.05) is 4.90 Å². The van der Waals surface area contributed by atoms with E-state index >= 15 is 0 Å². The molecule has 0 N–H and O–H groups in total. The van der Waals surface area contributed by atoms with Crippen molar-refractivity contribution in [1.29, 1.82) is 0 Å². The SMILES string of the molecule is CC1(C)C[C@@H]2C[C@](C)(CN2C(=O)c2ccc(N3CCCCC3)c([N+](=O)[O-])c2)C1. The molecule has 28 heavy (non-hydrogen) atoms. The van der Waals surface area contributed by atoms with E-state index in [1.54, 1.807) is 12.1 Å². The molecule has 0 radical (unpaired) electrons. The quantitative estimate of drug-likeness (QED) is 0.562. The minimum absolute atomic E-state index is 0.0558. The average Bonchev–Trinajstić information content (AvgIpc) is 2.90. The Bertz CT molecular complexity index is 800. The lowest BCUT2D eigenvalue weighted by atomic mass is 9.65. The minimum Gasteiger partial charge on any atom is -0.366 e. The van der Waals surface area contributed by atoms with Gasteiger partial charge < -0.3 is 9.80 Å². The minimum atomic E-state index is -0.340. The molecule has 2 bridgehead atoms. The third kappa shape index (κ3) is 3.49. The smallest absolute Gasteiger partial charge is 0.293 e. The Morgan fingerprint density at radius 1 is 1.14 bits per heavy atom. The highest BCUT2D eigenvalue weighted by Crippen LogP contribution is 2.52. The van der Waals surface area contributed by atoms with Crippen molar-refractivity contribution in [3.63, 3.8) is 0 Å². The molecule has 0 spiro atoms. The molecule has 4 rings (SSSR count). The van der Waals surface area contributed by atoms with Gasteiger partial charge in [-0.2, -0.15) is 0 Å². The summed E-state index contributed by atoms with van der Waals surface area (Å²) in [6.45, 7) is 9.27. The zero-order chi connectivity index (χ0) is 20.1. The van der Waals surface area contributed by atoms with Crippen LogP contribution >= 0.6 is 0 Å². The molecule has 2 aliphatic heterocycles. The molecular formula is C22H31N3O3. The molecule has 0 aromatic heterocycles. The van der Waals surface area contributed by atoms with E-state index in [4.69, 9.17) is 0 Å². The lowest BCUT2D eigenvalue weighted by Gasteiger charge is -2.39. The zero-order valence-corrected chi connectivity index (χ0v) is 17.2. The molecule has 3 aliphatic rings. The van der Waals surface area contributed by atoms with Crippen molar-refractivity contribution in [3.05, 3.63) is 33.9 Å². The number of hydrogen-bond donors (Lipinski definition) is 0. The van der Waals surface area contributed by atoms with E-state index in [2.05, 4.69) is 25.7 Å². The molecule has 1 aliphatic carbocycles. The van der Waals surface area contributed by atoms with E-state index in [0.717, 1.165) is 51.7 Å². The molecule has 2 heterocycles. The maximum atomic E-state index is 13.3. The lowest BCUT2D eigenvalue weighted by molar-refractivity contribution is -0.384. The molecule has 3 fully saturated rings. The van der Waals surface area contributed by atoms with Crippen LogP contribution in [0.3, 0.4) is 0 Å². The first-order chi connectivity index (χ1) is 13.2. The molecule has 1 saturated carbocycles. The number of carbonyl (C=O) groups excluding carboxylic acids is 1. The summed E-state index contributed by atoms with van der Waals surface area (Å²) in [5.74, 6) is -0.0558. The molecule has 2 saturated heterocycles. The topological polar surface area (TPSA) is 66.7 Å². The van der Waals surface area contributed by atoms with E-state index < -0.39 is 0 Å². The third-order valence-corrected chi connectivity index (χ3v) is 6.79. The van der Waals surface area contributed by atoms with Crippen molar-refractivity contribution < 1.29 is 9.72 Å². The summed E-state index contributed by atoms with van der Waals surface area (Å²) >= 11 is 0. The summed E-state index contributed by atoms with van der Waals surface area (Å²) in [5.41, 5.74) is 1.54. The Balaban J connectivity index is 1.61. The number of nitro groups is 1. The van der Waals surface area contributed by atoms with Crippen LogP contribution in [0.4, 0.5) is 11.4 Å². The number of hydrogen-bond acceptors (Lipinski definition) is 4. The number of anilines is 1. The van der Waals surface area contributed by atoms with Crippen LogP contribution in [0.5, 0.6) is 0 Å². The summed E-state index contributed by atoms with van der Waals surface area (Å²) in [5, 5.41) is 11.7. The van der Waals surface area contributed by atoms with Crippen LogP contribution in [-0.2, 0) is 0 Å². The number of benzene rings is 1. The molecule has 1 aromatic rings. The van der Waals surface area contributed by atoms with Crippen molar-refractivity contribution in [2.75, 3.05) is 24.5 Å². The van der Waals surface area contributed by atoms with E-state index in [1.165, 1.54) is 12.5 Å². The number of nitro benzene ring substituents is 1. The van der Waals surface area contributed by atoms with Gasteiger partial charge in [0.05, 0.1) is 4.92 Å². The Hall–Kier alpha value is -2.11. The van der Waals surface area contributed by atoms with Gasteiger partial charge in [0.2, 0.25) is 0 Å². The van der Waals surface area contributed by atoms with Gasteiger partial charge in [0.1, 0.15) is 5.69 Å². The predicted molar refractivity (Wildman–Crippen MR) is 110 cm³/mol. The molecule has 6 heteroatoms. The Morgan fingerprint density at radius 2 is 1.86 bits per heavy atom. The highest BCUT2D eigenvalue weighted by Gasteiger charge is 2.51. The monoisotopic (exact) mass is 385 g/mol. The van der Waals surface area contributed by atoms with Gasteiger partial charge in [-0.3, -0.25) is 14.9 Å². The molecule has 0 unspecified atom stereocenters. The maximum absolute atomic E-state index is 13.3. The van der Waals surface area contributed by atoms with Gasteiger partial charge in [-0.25, -0.2) is 0 Å². The van der Waals surface area contributed by atoms with Crippen LogP contribution in [0.2, 0.25) is 0 Å². The molecule has 2 atom stereocenters. The van der Waals surface area contributed by atoms with Crippen LogP contribution in [0.25, 0.3) is 0 Å². The standard InChI is InChI=1S/C22H31N3O3/c1-21(2)12-17-13-22(3,14-21)15-24(17)20(26)16-7-8-18(19(11-16)25(27)28)23-9-5-4-6-10-23/h7-8,11,17H,4-6,9-10,12-15H2,1-3H3/t17-,22+/m1/s1. The third-order valence-electron chi connectivity index (χ3n) is 6.79. The van der Waals surface area contributed by atoms with Gasteiger partial charge in [-0.1, -0.05) is 20.8 Å². The maximum Gasteiger partial charge on any atom is 0.293 e. The molecule has 152 valence electrons. The second kappa shape index (κ2) is 6.75. The van der Waals surface area contributed by atoms with Crippen LogP contribution in [0.1, 0.15) is 69.7 Å². The molecule has 1 amide bonds. The van der Waals surface area contributed by atoms with Gasteiger partial charge in [-0.05, 0) is 61.5 Å². The van der Waals surface area contributed by atoms with E-state index in [9.17, 15) is 14.9 Å². The van der Waals surface area contributed by atoms with Gasteiger partial charge in [0, 0.05) is 37.3 Å². The number of carbonyl (C=O) groups is 1. The Kier molecular flexibility index (Phi) is 4.63. The van der Waals surface area contributed by atoms with E-state index in [0.29, 0.717) is 11.3 Å².